The molecule has 0 aliphatic carbocycles. The summed E-state index contributed by atoms with van der Waals surface area (Å²) in [5.74, 6) is 0. The Balaban J connectivity index is 2.03. The van der Waals surface area contributed by atoms with Gasteiger partial charge in [-0.15, -0.1) is 0 Å². The van der Waals surface area contributed by atoms with E-state index in [1.54, 1.807) is 0 Å². The maximum Gasteiger partial charge on any atom is 0.0459 e. The minimum Gasteiger partial charge on any atom is -0.357 e. The summed E-state index contributed by atoms with van der Waals surface area (Å²) in [4.78, 5) is 3.49. The standard InChI is InChI=1S/C13H14N2/c1-2-4-10(5-3-1)12-8-11-6-7-14-9-13(11)15-12/h1-5,8,14-15H,6-7,9H2. The molecule has 1 aliphatic rings. The summed E-state index contributed by atoms with van der Waals surface area (Å²) in [6.45, 7) is 2.07. The number of fused-ring (bicyclic) bond motifs is 1. The molecule has 0 atom stereocenters. The van der Waals surface area contributed by atoms with E-state index in [0.29, 0.717) is 0 Å². The first-order valence-corrected chi connectivity index (χ1v) is 5.40. The molecule has 0 amide bonds. The van der Waals surface area contributed by atoms with E-state index in [4.69, 9.17) is 0 Å². The van der Waals surface area contributed by atoms with Crippen molar-refractivity contribution in [2.24, 2.45) is 0 Å². The molecule has 2 heteroatoms. The van der Waals surface area contributed by atoms with Gasteiger partial charge in [0.15, 0.2) is 0 Å². The molecule has 0 radical (unpaired) electrons. The van der Waals surface area contributed by atoms with Gasteiger partial charge in [0.05, 0.1) is 0 Å². The highest BCUT2D eigenvalue weighted by Crippen LogP contribution is 2.23. The van der Waals surface area contributed by atoms with Crippen LogP contribution in [0.1, 0.15) is 11.3 Å². The zero-order chi connectivity index (χ0) is 10.1. The molecule has 2 heterocycles. The van der Waals surface area contributed by atoms with Crippen molar-refractivity contribution >= 4 is 0 Å². The first-order valence-electron chi connectivity index (χ1n) is 5.40. The second-order valence-corrected chi connectivity index (χ2v) is 3.98. The lowest BCUT2D eigenvalue weighted by molar-refractivity contribution is 0.635. The fraction of sp³-hybridized carbons (Fsp3) is 0.231. The molecule has 3 rings (SSSR count). The predicted octanol–water partition coefficient (Wildman–Crippen LogP) is 2.33. The van der Waals surface area contributed by atoms with Crippen molar-refractivity contribution in [3.8, 4) is 11.3 Å². The largest absolute Gasteiger partial charge is 0.357 e. The Kier molecular flexibility index (Phi) is 2.07. The Morgan fingerprint density at radius 3 is 2.73 bits per heavy atom. The zero-order valence-corrected chi connectivity index (χ0v) is 8.59. The molecule has 1 aromatic carbocycles. The molecule has 2 nitrogen and oxygen atoms in total. The third-order valence-electron chi connectivity index (χ3n) is 2.95. The lowest BCUT2D eigenvalue weighted by Crippen LogP contribution is -2.22. The molecule has 0 bridgehead atoms. The topological polar surface area (TPSA) is 27.8 Å². The van der Waals surface area contributed by atoms with Crippen LogP contribution in [0.5, 0.6) is 0 Å². The van der Waals surface area contributed by atoms with Gasteiger partial charge in [0, 0.05) is 17.9 Å². The highest BCUT2D eigenvalue weighted by atomic mass is 14.9. The second kappa shape index (κ2) is 3.55. The van der Waals surface area contributed by atoms with Gasteiger partial charge in [-0.05, 0) is 30.2 Å². The quantitative estimate of drug-likeness (QED) is 0.723. The van der Waals surface area contributed by atoms with Crippen LogP contribution >= 0.6 is 0 Å². The van der Waals surface area contributed by atoms with Crippen LogP contribution in [-0.4, -0.2) is 11.5 Å². The van der Waals surface area contributed by atoms with E-state index in [0.717, 1.165) is 19.5 Å². The average Bonchev–Trinajstić information content (AvgIpc) is 2.74. The van der Waals surface area contributed by atoms with E-state index >= 15 is 0 Å². The van der Waals surface area contributed by atoms with Crippen LogP contribution in [-0.2, 0) is 13.0 Å². The molecular weight excluding hydrogens is 184 g/mol. The fourth-order valence-electron chi connectivity index (χ4n) is 2.13. The number of rotatable bonds is 1. The Morgan fingerprint density at radius 2 is 1.93 bits per heavy atom. The SMILES string of the molecule is c1ccc(-c2cc3c([nH]2)CNCC3)cc1. The van der Waals surface area contributed by atoms with Crippen LogP contribution in [0, 0.1) is 0 Å². The van der Waals surface area contributed by atoms with E-state index in [9.17, 15) is 0 Å². The molecule has 2 aromatic rings. The third-order valence-corrected chi connectivity index (χ3v) is 2.95. The van der Waals surface area contributed by atoms with Crippen LogP contribution in [0.2, 0.25) is 0 Å². The van der Waals surface area contributed by atoms with E-state index in [1.807, 2.05) is 6.07 Å². The van der Waals surface area contributed by atoms with Crippen LogP contribution < -0.4 is 5.32 Å². The van der Waals surface area contributed by atoms with Gasteiger partial charge >= 0.3 is 0 Å². The van der Waals surface area contributed by atoms with E-state index in [2.05, 4.69) is 40.6 Å². The lowest BCUT2D eigenvalue weighted by atomic mass is 10.1. The molecule has 15 heavy (non-hydrogen) atoms. The summed E-state index contributed by atoms with van der Waals surface area (Å²) in [5.41, 5.74) is 5.32. The number of aromatic amines is 1. The number of hydrogen-bond donors (Lipinski definition) is 2. The Labute approximate surface area is 89.3 Å². The zero-order valence-electron chi connectivity index (χ0n) is 8.59. The van der Waals surface area contributed by atoms with Gasteiger partial charge in [-0.2, -0.15) is 0 Å². The van der Waals surface area contributed by atoms with Crippen molar-refractivity contribution < 1.29 is 0 Å². The molecular formula is C13H14N2. The molecule has 1 aromatic heterocycles. The number of hydrogen-bond acceptors (Lipinski definition) is 1. The Morgan fingerprint density at radius 1 is 1.07 bits per heavy atom. The molecule has 0 fully saturated rings. The normalized spacial score (nSPS) is 14.9. The Bertz CT molecular complexity index is 433. The smallest absolute Gasteiger partial charge is 0.0459 e. The van der Waals surface area contributed by atoms with Gasteiger partial charge in [0.25, 0.3) is 0 Å². The van der Waals surface area contributed by atoms with Gasteiger partial charge in [-0.25, -0.2) is 0 Å². The van der Waals surface area contributed by atoms with Crippen LogP contribution in [0.15, 0.2) is 36.4 Å². The fourth-order valence-corrected chi connectivity index (χ4v) is 2.13. The molecule has 2 N–H and O–H groups in total. The molecule has 76 valence electrons. The molecule has 1 aliphatic heterocycles. The molecule has 0 spiro atoms. The van der Waals surface area contributed by atoms with E-state index < -0.39 is 0 Å². The number of H-pyrrole nitrogens is 1. The van der Waals surface area contributed by atoms with Crippen LogP contribution in [0.3, 0.4) is 0 Å². The summed E-state index contributed by atoms with van der Waals surface area (Å²) in [6, 6.07) is 12.8. The second-order valence-electron chi connectivity index (χ2n) is 3.98. The van der Waals surface area contributed by atoms with E-state index in [-0.39, 0.29) is 0 Å². The third kappa shape index (κ3) is 1.57. The van der Waals surface area contributed by atoms with E-state index in [1.165, 1.54) is 22.5 Å². The van der Waals surface area contributed by atoms with Gasteiger partial charge in [-0.3, -0.25) is 0 Å². The van der Waals surface area contributed by atoms with Crippen molar-refractivity contribution in [2.75, 3.05) is 6.54 Å². The summed E-state index contributed by atoms with van der Waals surface area (Å²) in [5, 5.41) is 3.37. The highest BCUT2D eigenvalue weighted by Gasteiger charge is 2.12. The highest BCUT2D eigenvalue weighted by molar-refractivity contribution is 5.61. The summed E-state index contributed by atoms with van der Waals surface area (Å²) >= 11 is 0. The lowest BCUT2D eigenvalue weighted by Gasteiger charge is -2.11. The van der Waals surface area contributed by atoms with Gasteiger partial charge < -0.3 is 10.3 Å². The summed E-state index contributed by atoms with van der Waals surface area (Å²) in [6.07, 6.45) is 1.14. The van der Waals surface area contributed by atoms with Crippen molar-refractivity contribution in [1.82, 2.24) is 10.3 Å². The monoisotopic (exact) mass is 198 g/mol. The number of nitrogens with one attached hydrogen (secondary N) is 2. The molecule has 0 saturated carbocycles. The van der Waals surface area contributed by atoms with Crippen LogP contribution in [0.25, 0.3) is 11.3 Å². The maximum atomic E-state index is 3.49. The number of aromatic nitrogens is 1. The maximum absolute atomic E-state index is 3.49. The molecule has 0 unspecified atom stereocenters. The van der Waals surface area contributed by atoms with Crippen molar-refractivity contribution in [2.45, 2.75) is 13.0 Å². The number of benzene rings is 1. The Hall–Kier alpha value is -1.54. The van der Waals surface area contributed by atoms with Crippen molar-refractivity contribution in [3.63, 3.8) is 0 Å². The van der Waals surface area contributed by atoms with Gasteiger partial charge in [0.2, 0.25) is 0 Å². The minimum absolute atomic E-state index is 0.974. The average molecular weight is 198 g/mol. The summed E-state index contributed by atoms with van der Waals surface area (Å²) in [7, 11) is 0. The van der Waals surface area contributed by atoms with Crippen LogP contribution in [0.4, 0.5) is 0 Å². The van der Waals surface area contributed by atoms with Gasteiger partial charge in [0.1, 0.15) is 0 Å². The predicted molar refractivity (Wildman–Crippen MR) is 61.6 cm³/mol. The van der Waals surface area contributed by atoms with Crippen molar-refractivity contribution in [3.05, 3.63) is 47.7 Å². The first-order chi connectivity index (χ1) is 7.43. The first kappa shape index (κ1) is 8.74. The summed E-state index contributed by atoms with van der Waals surface area (Å²) < 4.78 is 0. The minimum atomic E-state index is 0.974. The van der Waals surface area contributed by atoms with Crippen molar-refractivity contribution in [1.29, 1.82) is 0 Å². The van der Waals surface area contributed by atoms with Gasteiger partial charge in [-0.1, -0.05) is 30.3 Å². The molecule has 0 saturated heterocycles.